The van der Waals surface area contributed by atoms with Gasteiger partial charge in [0.1, 0.15) is 11.8 Å². The zero-order valence-electron chi connectivity index (χ0n) is 16.6. The van der Waals surface area contributed by atoms with Crippen LogP contribution in [0.5, 0.6) is 0 Å². The summed E-state index contributed by atoms with van der Waals surface area (Å²) in [5.74, 6) is 4.62. The number of carbonyl (C=O) groups is 2. The van der Waals surface area contributed by atoms with Crippen LogP contribution >= 0.6 is 34.8 Å². The van der Waals surface area contributed by atoms with Crippen molar-refractivity contribution in [1.82, 2.24) is 9.99 Å². The minimum atomic E-state index is -1.61. The van der Waals surface area contributed by atoms with Gasteiger partial charge in [-0.25, -0.2) is 20.8 Å². The van der Waals surface area contributed by atoms with Crippen LogP contribution in [0.3, 0.4) is 0 Å². The van der Waals surface area contributed by atoms with Crippen LogP contribution in [0.25, 0.3) is 0 Å². The summed E-state index contributed by atoms with van der Waals surface area (Å²) in [6.07, 6.45) is 1.20. The fourth-order valence-corrected chi connectivity index (χ4v) is 3.85. The van der Waals surface area contributed by atoms with Gasteiger partial charge in [0.15, 0.2) is 5.70 Å². The SMILES string of the molecule is NN(C(=O)c1ccncc1)C(=C1N=c2ccc(Cl)cc2=NC1=O)C(O)c1ccc(Cl)cc1Cl. The first-order chi connectivity index (χ1) is 15.8. The topological polar surface area (TPSA) is 121 Å². The summed E-state index contributed by atoms with van der Waals surface area (Å²) < 4.78 is 0. The van der Waals surface area contributed by atoms with Crippen LogP contribution in [0.1, 0.15) is 22.0 Å². The second-order valence-corrected chi connectivity index (χ2v) is 8.16. The molecule has 33 heavy (non-hydrogen) atoms. The Balaban J connectivity index is 1.93. The minimum Gasteiger partial charge on any atom is -0.382 e. The molecule has 3 aromatic rings. The largest absolute Gasteiger partial charge is 0.382 e. The number of aliphatic hydroxyl groups excluding tert-OH is 1. The molecule has 1 unspecified atom stereocenters. The van der Waals surface area contributed by atoms with E-state index in [0.29, 0.717) is 20.4 Å². The van der Waals surface area contributed by atoms with Crippen LogP contribution in [-0.2, 0) is 4.79 Å². The monoisotopic (exact) mass is 501 g/mol. The molecular formula is C22H14Cl3N5O3. The summed E-state index contributed by atoms with van der Waals surface area (Å²) in [6.45, 7) is 0. The fraction of sp³-hybridized carbons (Fsp3) is 0.0455. The molecule has 2 aromatic carbocycles. The number of carbonyl (C=O) groups excluding carboxylic acids is 2. The Morgan fingerprint density at radius 3 is 2.30 bits per heavy atom. The van der Waals surface area contributed by atoms with Crippen molar-refractivity contribution in [3.63, 3.8) is 0 Å². The number of fused-ring (bicyclic) bond motifs is 1. The third-order valence-corrected chi connectivity index (χ3v) is 5.56. The Morgan fingerprint density at radius 2 is 1.61 bits per heavy atom. The van der Waals surface area contributed by atoms with E-state index in [0.717, 1.165) is 0 Å². The molecule has 8 nitrogen and oxygen atoms in total. The molecule has 0 saturated heterocycles. The lowest BCUT2D eigenvalue weighted by Crippen LogP contribution is -2.41. The summed E-state index contributed by atoms with van der Waals surface area (Å²) >= 11 is 18.2. The lowest BCUT2D eigenvalue weighted by atomic mass is 10.0. The standard InChI is InChI=1S/C22H14Cl3N5O3/c23-12-1-3-14(15(25)9-12)20(31)19(30(26)22(33)11-5-7-27-8-6-11)18-21(32)29-17-10-13(24)2-4-16(17)28-18/h1-10,20,31H,26H2. The van der Waals surface area contributed by atoms with Crippen molar-refractivity contribution in [2.24, 2.45) is 15.8 Å². The van der Waals surface area contributed by atoms with Crippen molar-refractivity contribution < 1.29 is 14.7 Å². The van der Waals surface area contributed by atoms with Gasteiger partial charge >= 0.3 is 0 Å². The lowest BCUT2D eigenvalue weighted by molar-refractivity contribution is -0.115. The van der Waals surface area contributed by atoms with E-state index in [9.17, 15) is 14.7 Å². The van der Waals surface area contributed by atoms with Crippen LogP contribution in [0.2, 0.25) is 15.1 Å². The highest BCUT2D eigenvalue weighted by atomic mass is 35.5. The normalized spacial score (nSPS) is 15.1. The summed E-state index contributed by atoms with van der Waals surface area (Å²) in [5, 5.41) is 13.3. The molecule has 1 aliphatic heterocycles. The van der Waals surface area contributed by atoms with Gasteiger partial charge in [-0.05, 0) is 42.5 Å². The molecule has 11 heteroatoms. The fourth-order valence-electron chi connectivity index (χ4n) is 3.17. The van der Waals surface area contributed by atoms with Crippen molar-refractivity contribution in [3.8, 4) is 0 Å². The van der Waals surface area contributed by atoms with E-state index in [2.05, 4.69) is 15.0 Å². The van der Waals surface area contributed by atoms with E-state index in [4.69, 9.17) is 40.6 Å². The number of aromatic nitrogens is 1. The highest BCUT2D eigenvalue weighted by Crippen LogP contribution is 2.33. The maximum Gasteiger partial charge on any atom is 0.298 e. The van der Waals surface area contributed by atoms with Crippen LogP contribution < -0.4 is 16.6 Å². The Labute approximate surface area is 202 Å². The van der Waals surface area contributed by atoms with Gasteiger partial charge in [-0.1, -0.05) is 40.9 Å². The Kier molecular flexibility index (Phi) is 6.55. The maximum atomic E-state index is 13.1. The van der Waals surface area contributed by atoms with E-state index < -0.39 is 17.9 Å². The molecule has 166 valence electrons. The highest BCUT2D eigenvalue weighted by molar-refractivity contribution is 6.35. The average Bonchev–Trinajstić information content (AvgIpc) is 2.79. The number of nitrogens with zero attached hydrogens (tertiary/aromatic N) is 4. The van der Waals surface area contributed by atoms with Gasteiger partial charge in [-0.2, -0.15) is 0 Å². The minimum absolute atomic E-state index is 0.102. The molecule has 4 rings (SSSR count). The van der Waals surface area contributed by atoms with E-state index in [-0.39, 0.29) is 32.9 Å². The third-order valence-electron chi connectivity index (χ3n) is 4.76. The molecule has 1 atom stereocenters. The highest BCUT2D eigenvalue weighted by Gasteiger charge is 2.32. The third kappa shape index (κ3) is 4.66. The van der Waals surface area contributed by atoms with Crippen LogP contribution in [0.4, 0.5) is 0 Å². The summed E-state index contributed by atoms with van der Waals surface area (Å²) in [4.78, 5) is 38.2. The number of hydrogen-bond donors (Lipinski definition) is 2. The first kappa shape index (κ1) is 23.0. The first-order valence-electron chi connectivity index (χ1n) is 9.40. The van der Waals surface area contributed by atoms with E-state index in [1.165, 1.54) is 48.8 Å². The number of benzene rings is 2. The number of halogens is 3. The van der Waals surface area contributed by atoms with Crippen LogP contribution in [0, 0.1) is 0 Å². The molecule has 0 radical (unpaired) electrons. The summed E-state index contributed by atoms with van der Waals surface area (Å²) in [6, 6.07) is 11.8. The molecule has 1 aromatic heterocycles. The summed E-state index contributed by atoms with van der Waals surface area (Å²) in [5.41, 5.74) is -0.303. The molecule has 0 fully saturated rings. The molecule has 0 aliphatic carbocycles. The van der Waals surface area contributed by atoms with Gasteiger partial charge in [0.05, 0.1) is 10.7 Å². The van der Waals surface area contributed by atoms with E-state index >= 15 is 0 Å². The van der Waals surface area contributed by atoms with Crippen molar-refractivity contribution in [2.45, 2.75) is 6.10 Å². The maximum absolute atomic E-state index is 13.1. The smallest absolute Gasteiger partial charge is 0.298 e. The zero-order valence-corrected chi connectivity index (χ0v) is 18.9. The lowest BCUT2D eigenvalue weighted by Gasteiger charge is -2.26. The van der Waals surface area contributed by atoms with Gasteiger partial charge < -0.3 is 5.11 Å². The van der Waals surface area contributed by atoms with Crippen LogP contribution in [0.15, 0.2) is 82.3 Å². The second kappa shape index (κ2) is 9.38. The van der Waals surface area contributed by atoms with E-state index in [1.807, 2.05) is 0 Å². The van der Waals surface area contributed by atoms with Crippen molar-refractivity contribution in [3.05, 3.63) is 109 Å². The number of hydrazine groups is 1. The van der Waals surface area contributed by atoms with E-state index in [1.54, 1.807) is 12.1 Å². The molecule has 0 spiro atoms. The van der Waals surface area contributed by atoms with Crippen molar-refractivity contribution >= 4 is 46.6 Å². The molecule has 2 heterocycles. The zero-order chi connectivity index (χ0) is 23.7. The number of nitrogens with two attached hydrogens (primary N) is 1. The number of rotatable bonds is 4. The molecule has 2 amide bonds. The summed E-state index contributed by atoms with van der Waals surface area (Å²) in [7, 11) is 0. The second-order valence-electron chi connectivity index (χ2n) is 6.88. The molecule has 0 saturated carbocycles. The van der Waals surface area contributed by atoms with Crippen molar-refractivity contribution in [1.29, 1.82) is 0 Å². The Hall–Kier alpha value is -3.14. The quantitative estimate of drug-likeness (QED) is 0.246. The Morgan fingerprint density at radius 1 is 0.939 bits per heavy atom. The predicted octanol–water partition coefficient (Wildman–Crippen LogP) is 2.78. The molecule has 0 bridgehead atoms. The number of aliphatic hydroxyl groups is 1. The van der Waals surface area contributed by atoms with Crippen molar-refractivity contribution in [2.75, 3.05) is 0 Å². The average molecular weight is 503 g/mol. The first-order valence-corrected chi connectivity index (χ1v) is 10.5. The van der Waals surface area contributed by atoms with Gasteiger partial charge in [-0.15, -0.1) is 0 Å². The number of amides is 2. The number of pyridine rings is 1. The van der Waals surface area contributed by atoms with Gasteiger partial charge in [0.25, 0.3) is 11.8 Å². The predicted molar refractivity (Wildman–Crippen MR) is 122 cm³/mol. The molecular weight excluding hydrogens is 489 g/mol. The van der Waals surface area contributed by atoms with Gasteiger partial charge in [0, 0.05) is 38.6 Å². The van der Waals surface area contributed by atoms with Gasteiger partial charge in [-0.3, -0.25) is 14.6 Å². The van der Waals surface area contributed by atoms with Gasteiger partial charge in [0.2, 0.25) is 0 Å². The Bertz CT molecular complexity index is 1430. The molecule has 3 N–H and O–H groups in total. The van der Waals surface area contributed by atoms with Crippen LogP contribution in [-0.4, -0.2) is 26.9 Å². The molecule has 1 aliphatic rings. The number of hydrogen-bond acceptors (Lipinski definition) is 6.